The average molecular weight is 459 g/mol. The molecule has 0 aliphatic carbocycles. The first kappa shape index (κ1) is 21.4. The number of aromatic nitrogens is 2. The van der Waals surface area contributed by atoms with Crippen molar-refractivity contribution in [1.29, 1.82) is 0 Å². The van der Waals surface area contributed by atoms with Crippen molar-refractivity contribution in [3.05, 3.63) is 47.8 Å². The standard InChI is InChI=1S/C18H26FN5.HI/c1-5-13(3)23-18(20-6-2)22-12-15-7-8-17(16(19)11-15)24-10-9-21-14(24)4;/h7-11,13H,5-6,12H2,1-4H3,(H2,20,22,23);1H. The minimum absolute atomic E-state index is 0. The number of nitrogens with one attached hydrogen (secondary N) is 2. The Morgan fingerprint density at radius 3 is 2.68 bits per heavy atom. The third-order valence-corrected chi connectivity index (χ3v) is 3.86. The van der Waals surface area contributed by atoms with Crippen LogP contribution in [0.4, 0.5) is 4.39 Å². The first-order valence-electron chi connectivity index (χ1n) is 8.38. The fourth-order valence-corrected chi connectivity index (χ4v) is 2.30. The van der Waals surface area contributed by atoms with Gasteiger partial charge in [0, 0.05) is 25.0 Å². The summed E-state index contributed by atoms with van der Waals surface area (Å²) in [5.74, 6) is 1.23. The lowest BCUT2D eigenvalue weighted by Gasteiger charge is -2.16. The molecule has 0 saturated carbocycles. The second-order valence-corrected chi connectivity index (χ2v) is 5.78. The van der Waals surface area contributed by atoms with Crippen molar-refractivity contribution in [1.82, 2.24) is 20.2 Å². The Kier molecular flexibility index (Phi) is 8.88. The van der Waals surface area contributed by atoms with E-state index in [2.05, 4.69) is 34.5 Å². The highest BCUT2D eigenvalue weighted by molar-refractivity contribution is 14.0. The van der Waals surface area contributed by atoms with E-state index in [9.17, 15) is 4.39 Å². The van der Waals surface area contributed by atoms with E-state index in [1.165, 1.54) is 6.07 Å². The topological polar surface area (TPSA) is 54.2 Å². The van der Waals surface area contributed by atoms with E-state index in [0.29, 0.717) is 18.3 Å². The van der Waals surface area contributed by atoms with Crippen LogP contribution in [-0.2, 0) is 6.54 Å². The van der Waals surface area contributed by atoms with Crippen LogP contribution in [0, 0.1) is 12.7 Å². The van der Waals surface area contributed by atoms with Crippen molar-refractivity contribution < 1.29 is 4.39 Å². The molecule has 0 saturated heterocycles. The summed E-state index contributed by atoms with van der Waals surface area (Å²) in [5, 5.41) is 6.53. The van der Waals surface area contributed by atoms with Crippen LogP contribution in [0.1, 0.15) is 38.6 Å². The van der Waals surface area contributed by atoms with E-state index >= 15 is 0 Å². The van der Waals surface area contributed by atoms with Crippen LogP contribution in [0.2, 0.25) is 0 Å². The van der Waals surface area contributed by atoms with Crippen LogP contribution in [0.5, 0.6) is 0 Å². The first-order chi connectivity index (χ1) is 11.5. The quantitative estimate of drug-likeness (QED) is 0.393. The molecule has 138 valence electrons. The Hall–Kier alpha value is -1.64. The summed E-state index contributed by atoms with van der Waals surface area (Å²) in [6, 6.07) is 5.54. The summed E-state index contributed by atoms with van der Waals surface area (Å²) >= 11 is 0. The van der Waals surface area contributed by atoms with Crippen LogP contribution < -0.4 is 10.6 Å². The lowest BCUT2D eigenvalue weighted by Crippen LogP contribution is -2.41. The summed E-state index contributed by atoms with van der Waals surface area (Å²) in [5.41, 5.74) is 1.33. The van der Waals surface area contributed by atoms with E-state index in [1.54, 1.807) is 23.0 Å². The van der Waals surface area contributed by atoms with Gasteiger partial charge in [0.2, 0.25) is 0 Å². The maximum Gasteiger partial charge on any atom is 0.191 e. The number of aliphatic imine (C=N–C) groups is 1. The van der Waals surface area contributed by atoms with Crippen molar-refractivity contribution in [2.75, 3.05) is 6.54 Å². The van der Waals surface area contributed by atoms with Gasteiger partial charge in [0.15, 0.2) is 5.96 Å². The zero-order valence-corrected chi connectivity index (χ0v) is 17.5. The molecule has 7 heteroatoms. The number of benzene rings is 1. The highest BCUT2D eigenvalue weighted by Crippen LogP contribution is 2.17. The number of guanidine groups is 1. The largest absolute Gasteiger partial charge is 0.357 e. The van der Waals surface area contributed by atoms with Crippen molar-refractivity contribution in [2.45, 2.75) is 46.7 Å². The van der Waals surface area contributed by atoms with Gasteiger partial charge < -0.3 is 15.2 Å². The van der Waals surface area contributed by atoms with Gasteiger partial charge in [0.25, 0.3) is 0 Å². The molecule has 2 N–H and O–H groups in total. The van der Waals surface area contributed by atoms with Crippen LogP contribution >= 0.6 is 24.0 Å². The van der Waals surface area contributed by atoms with E-state index < -0.39 is 0 Å². The summed E-state index contributed by atoms with van der Waals surface area (Å²) in [7, 11) is 0. The molecule has 1 aromatic carbocycles. The lowest BCUT2D eigenvalue weighted by molar-refractivity contribution is 0.613. The Bertz CT molecular complexity index is 699. The Morgan fingerprint density at radius 1 is 1.36 bits per heavy atom. The molecule has 1 atom stereocenters. The van der Waals surface area contributed by atoms with Gasteiger partial charge in [-0.15, -0.1) is 24.0 Å². The molecule has 0 amide bonds. The number of hydrogen-bond donors (Lipinski definition) is 2. The summed E-state index contributed by atoms with van der Waals surface area (Å²) in [6.07, 6.45) is 4.43. The van der Waals surface area contributed by atoms with Crippen molar-refractivity contribution in [3.8, 4) is 5.69 Å². The number of hydrogen-bond acceptors (Lipinski definition) is 2. The van der Waals surface area contributed by atoms with Gasteiger partial charge in [-0.05, 0) is 44.9 Å². The van der Waals surface area contributed by atoms with E-state index in [-0.39, 0.29) is 29.8 Å². The van der Waals surface area contributed by atoms with Crippen LogP contribution in [0.15, 0.2) is 35.6 Å². The Morgan fingerprint density at radius 2 is 2.12 bits per heavy atom. The zero-order chi connectivity index (χ0) is 17.5. The van der Waals surface area contributed by atoms with Gasteiger partial charge in [-0.25, -0.2) is 14.4 Å². The average Bonchev–Trinajstić information content (AvgIpc) is 2.98. The molecule has 0 radical (unpaired) electrons. The summed E-state index contributed by atoms with van der Waals surface area (Å²) in [6.45, 7) is 9.31. The minimum atomic E-state index is -0.274. The number of aryl methyl sites for hydroxylation is 1. The van der Waals surface area contributed by atoms with Gasteiger partial charge in [-0.1, -0.05) is 13.0 Å². The number of halogens is 2. The van der Waals surface area contributed by atoms with Crippen molar-refractivity contribution >= 4 is 29.9 Å². The van der Waals surface area contributed by atoms with Crippen LogP contribution in [-0.4, -0.2) is 28.1 Å². The van der Waals surface area contributed by atoms with Gasteiger partial charge >= 0.3 is 0 Å². The fraction of sp³-hybridized carbons (Fsp3) is 0.444. The third-order valence-electron chi connectivity index (χ3n) is 3.86. The smallest absolute Gasteiger partial charge is 0.191 e. The second-order valence-electron chi connectivity index (χ2n) is 5.78. The molecule has 0 fully saturated rings. The predicted octanol–water partition coefficient (Wildman–Crippen LogP) is 3.79. The number of rotatable bonds is 6. The molecular weight excluding hydrogens is 432 g/mol. The number of nitrogens with zero attached hydrogens (tertiary/aromatic N) is 3. The third kappa shape index (κ3) is 5.98. The van der Waals surface area contributed by atoms with Crippen molar-refractivity contribution in [3.63, 3.8) is 0 Å². The van der Waals surface area contributed by atoms with Gasteiger partial charge in [0.05, 0.1) is 12.2 Å². The SMILES string of the molecule is CCNC(=NCc1ccc(-n2ccnc2C)c(F)c1)NC(C)CC.I. The van der Waals surface area contributed by atoms with Crippen LogP contribution in [0.3, 0.4) is 0 Å². The Labute approximate surface area is 166 Å². The zero-order valence-electron chi connectivity index (χ0n) is 15.2. The lowest BCUT2D eigenvalue weighted by atomic mass is 10.2. The van der Waals surface area contributed by atoms with Gasteiger partial charge in [-0.3, -0.25) is 0 Å². The normalized spacial score (nSPS) is 12.4. The highest BCUT2D eigenvalue weighted by Gasteiger charge is 2.08. The monoisotopic (exact) mass is 459 g/mol. The van der Waals surface area contributed by atoms with E-state index in [0.717, 1.165) is 30.3 Å². The molecule has 2 aromatic rings. The van der Waals surface area contributed by atoms with Crippen LogP contribution in [0.25, 0.3) is 5.69 Å². The summed E-state index contributed by atoms with van der Waals surface area (Å²) < 4.78 is 16.1. The van der Waals surface area contributed by atoms with E-state index in [1.807, 2.05) is 19.9 Å². The molecule has 0 bridgehead atoms. The fourth-order valence-electron chi connectivity index (χ4n) is 2.30. The maximum atomic E-state index is 14.4. The molecular formula is C18H27FIN5. The first-order valence-corrected chi connectivity index (χ1v) is 8.38. The molecule has 0 aliphatic heterocycles. The Balaban J connectivity index is 0.00000312. The minimum Gasteiger partial charge on any atom is -0.357 e. The van der Waals surface area contributed by atoms with Gasteiger partial charge in [-0.2, -0.15) is 0 Å². The van der Waals surface area contributed by atoms with Gasteiger partial charge in [0.1, 0.15) is 11.6 Å². The summed E-state index contributed by atoms with van der Waals surface area (Å²) in [4.78, 5) is 8.66. The highest BCUT2D eigenvalue weighted by atomic mass is 127. The maximum absolute atomic E-state index is 14.4. The molecule has 0 spiro atoms. The molecule has 0 aliphatic rings. The number of imidazole rings is 1. The predicted molar refractivity (Wildman–Crippen MR) is 111 cm³/mol. The molecule has 1 heterocycles. The molecule has 2 rings (SSSR count). The molecule has 1 aromatic heterocycles. The van der Waals surface area contributed by atoms with E-state index in [4.69, 9.17) is 0 Å². The van der Waals surface area contributed by atoms with Crippen molar-refractivity contribution in [2.24, 2.45) is 4.99 Å². The molecule has 5 nitrogen and oxygen atoms in total. The second kappa shape index (κ2) is 10.4. The molecule has 1 unspecified atom stereocenters. The molecule has 25 heavy (non-hydrogen) atoms.